The number of rotatable bonds is 10. The van der Waals surface area contributed by atoms with E-state index in [4.69, 9.17) is 14.2 Å². The van der Waals surface area contributed by atoms with E-state index in [2.05, 4.69) is 10.6 Å². The Kier molecular flexibility index (Phi) is 10.8. The van der Waals surface area contributed by atoms with E-state index < -0.39 is 41.8 Å². The number of hydrogen-bond donors (Lipinski definition) is 2. The maximum atomic E-state index is 13.3. The minimum Gasteiger partial charge on any atom is -0.467 e. The van der Waals surface area contributed by atoms with Crippen molar-refractivity contribution in [2.24, 2.45) is 5.92 Å². The van der Waals surface area contributed by atoms with Gasteiger partial charge in [0.05, 0.1) is 18.8 Å². The van der Waals surface area contributed by atoms with Crippen LogP contribution in [-0.2, 0) is 30.4 Å². The molecule has 8 nitrogen and oxygen atoms in total. The average Bonchev–Trinajstić information content (AvgIpc) is 2.80. The normalized spacial score (nSPS) is 17.2. The fourth-order valence-electron chi connectivity index (χ4n) is 4.29. The molecule has 34 heavy (non-hydrogen) atoms. The molecule has 3 atom stereocenters. The van der Waals surface area contributed by atoms with Crippen LogP contribution in [-0.4, -0.2) is 48.9 Å². The van der Waals surface area contributed by atoms with E-state index in [1.54, 1.807) is 6.92 Å². The summed E-state index contributed by atoms with van der Waals surface area (Å²) in [6.07, 6.45) is 4.61. The number of esters is 1. The van der Waals surface area contributed by atoms with Gasteiger partial charge in [0.2, 0.25) is 5.91 Å². The number of carbonyl (C=O) groups excluding carboxylic acids is 3. The fraction of sp³-hybridized carbons (Fsp3) is 0.654. The van der Waals surface area contributed by atoms with Crippen molar-refractivity contribution >= 4 is 18.0 Å². The largest absolute Gasteiger partial charge is 0.467 e. The van der Waals surface area contributed by atoms with Crippen LogP contribution in [0.1, 0.15) is 71.8 Å². The Hall–Kier alpha value is -2.61. The molecule has 190 valence electrons. The average molecular weight is 477 g/mol. The number of alkyl carbamates (subject to hydrolysis) is 1. The minimum absolute atomic E-state index is 0.0714. The molecule has 1 aromatic carbocycles. The van der Waals surface area contributed by atoms with Crippen LogP contribution in [0.3, 0.4) is 0 Å². The lowest BCUT2D eigenvalue weighted by Gasteiger charge is -2.32. The van der Waals surface area contributed by atoms with E-state index in [1.807, 2.05) is 51.1 Å². The van der Waals surface area contributed by atoms with Crippen LogP contribution >= 0.6 is 0 Å². The molecule has 0 heterocycles. The quantitative estimate of drug-likeness (QED) is 0.493. The van der Waals surface area contributed by atoms with Gasteiger partial charge in [-0.25, -0.2) is 9.59 Å². The monoisotopic (exact) mass is 476 g/mol. The number of nitrogens with one attached hydrogen (secondary N) is 2. The highest BCUT2D eigenvalue weighted by Crippen LogP contribution is 2.27. The molecule has 0 saturated heterocycles. The van der Waals surface area contributed by atoms with Crippen molar-refractivity contribution in [3.63, 3.8) is 0 Å². The molecule has 2 amide bonds. The number of hydrogen-bond acceptors (Lipinski definition) is 6. The summed E-state index contributed by atoms with van der Waals surface area (Å²) in [6, 6.07) is 7.43. The predicted octanol–water partition coefficient (Wildman–Crippen LogP) is 4.11. The van der Waals surface area contributed by atoms with Gasteiger partial charge in [-0.05, 0) is 45.6 Å². The molecule has 1 aromatic rings. The summed E-state index contributed by atoms with van der Waals surface area (Å²) in [5.74, 6) is -0.656. The fourth-order valence-corrected chi connectivity index (χ4v) is 4.29. The summed E-state index contributed by atoms with van der Waals surface area (Å²) < 4.78 is 16.2. The Labute approximate surface area is 203 Å². The summed E-state index contributed by atoms with van der Waals surface area (Å²) in [7, 11) is 1.31. The van der Waals surface area contributed by atoms with Gasteiger partial charge >= 0.3 is 12.1 Å². The molecular formula is C26H40N2O6. The van der Waals surface area contributed by atoms with Gasteiger partial charge in [-0.15, -0.1) is 0 Å². The third-order valence-corrected chi connectivity index (χ3v) is 5.87. The van der Waals surface area contributed by atoms with Crippen molar-refractivity contribution in [2.75, 3.05) is 7.11 Å². The van der Waals surface area contributed by atoms with Crippen molar-refractivity contribution in [3.8, 4) is 0 Å². The zero-order valence-corrected chi connectivity index (χ0v) is 21.1. The summed E-state index contributed by atoms with van der Waals surface area (Å²) >= 11 is 0. The molecule has 8 heteroatoms. The standard InChI is InChI=1S/C26H40N2O6/c1-18(34-26(2,3)4)22(28-25(31)33-17-20-14-10-7-11-15-20)23(29)27-21(24(30)32-5)16-19-12-8-6-9-13-19/h7,10-11,14-15,18-19,21-22H,6,8-9,12-13,16-17H2,1-5H3,(H,27,29)(H,28,31)/t18?,21-,22-/m0/s1. The lowest BCUT2D eigenvalue weighted by molar-refractivity contribution is -0.147. The van der Waals surface area contributed by atoms with Gasteiger partial charge in [-0.3, -0.25) is 4.79 Å². The second-order valence-corrected chi connectivity index (χ2v) is 9.94. The highest BCUT2D eigenvalue weighted by molar-refractivity contribution is 5.90. The molecule has 0 radical (unpaired) electrons. The Morgan fingerprint density at radius 2 is 1.68 bits per heavy atom. The smallest absolute Gasteiger partial charge is 0.408 e. The van der Waals surface area contributed by atoms with Crippen LogP contribution in [0.5, 0.6) is 0 Å². The highest BCUT2D eigenvalue weighted by Gasteiger charge is 2.34. The topological polar surface area (TPSA) is 103 Å². The lowest BCUT2D eigenvalue weighted by Crippen LogP contribution is -2.57. The Balaban J connectivity index is 2.08. The third-order valence-electron chi connectivity index (χ3n) is 5.87. The number of ether oxygens (including phenoxy) is 3. The van der Waals surface area contributed by atoms with Crippen LogP contribution in [0.2, 0.25) is 0 Å². The van der Waals surface area contributed by atoms with Gasteiger partial charge in [0.15, 0.2) is 0 Å². The predicted molar refractivity (Wildman–Crippen MR) is 129 cm³/mol. The lowest BCUT2D eigenvalue weighted by atomic mass is 9.84. The van der Waals surface area contributed by atoms with E-state index in [1.165, 1.54) is 13.5 Å². The minimum atomic E-state index is -1.05. The van der Waals surface area contributed by atoms with Gasteiger partial charge in [0, 0.05) is 0 Å². The first-order chi connectivity index (χ1) is 16.1. The first-order valence-electron chi connectivity index (χ1n) is 12.1. The van der Waals surface area contributed by atoms with Crippen molar-refractivity contribution < 1.29 is 28.6 Å². The second-order valence-electron chi connectivity index (χ2n) is 9.94. The maximum Gasteiger partial charge on any atom is 0.408 e. The van der Waals surface area contributed by atoms with Crippen LogP contribution in [0.4, 0.5) is 4.79 Å². The van der Waals surface area contributed by atoms with Gasteiger partial charge in [0.1, 0.15) is 18.7 Å². The van der Waals surface area contributed by atoms with Crippen molar-refractivity contribution in [2.45, 2.75) is 96.6 Å². The maximum absolute atomic E-state index is 13.3. The molecule has 0 aliphatic heterocycles. The van der Waals surface area contributed by atoms with E-state index >= 15 is 0 Å². The molecule has 0 aromatic heterocycles. The zero-order valence-electron chi connectivity index (χ0n) is 21.1. The number of benzene rings is 1. The SMILES string of the molecule is COC(=O)[C@H](CC1CCCCC1)NC(=O)[C@@H](NC(=O)OCc1ccccc1)C(C)OC(C)(C)C. The molecule has 0 bridgehead atoms. The van der Waals surface area contributed by atoms with Crippen LogP contribution in [0.15, 0.2) is 30.3 Å². The van der Waals surface area contributed by atoms with Crippen molar-refractivity contribution in [3.05, 3.63) is 35.9 Å². The highest BCUT2D eigenvalue weighted by atomic mass is 16.6. The van der Waals surface area contributed by atoms with Gasteiger partial charge < -0.3 is 24.8 Å². The van der Waals surface area contributed by atoms with Gasteiger partial charge in [-0.1, -0.05) is 62.4 Å². The van der Waals surface area contributed by atoms with Crippen LogP contribution < -0.4 is 10.6 Å². The van der Waals surface area contributed by atoms with E-state index in [0.717, 1.165) is 31.2 Å². The first-order valence-corrected chi connectivity index (χ1v) is 12.1. The molecule has 1 unspecified atom stereocenters. The van der Waals surface area contributed by atoms with Crippen molar-refractivity contribution in [1.29, 1.82) is 0 Å². The van der Waals surface area contributed by atoms with E-state index in [9.17, 15) is 14.4 Å². The molecule has 2 N–H and O–H groups in total. The van der Waals surface area contributed by atoms with Gasteiger partial charge in [-0.2, -0.15) is 0 Å². The third kappa shape index (κ3) is 9.71. The molecule has 1 fully saturated rings. The first kappa shape index (κ1) is 27.6. The molecule has 0 spiro atoms. The molecule has 1 aliphatic carbocycles. The number of carbonyl (C=O) groups is 3. The zero-order chi connectivity index (χ0) is 25.1. The van der Waals surface area contributed by atoms with Gasteiger partial charge in [0.25, 0.3) is 0 Å². The summed E-state index contributed by atoms with van der Waals surface area (Å²) in [6.45, 7) is 7.38. The molecule has 2 rings (SSSR count). The Morgan fingerprint density at radius 3 is 2.26 bits per heavy atom. The summed E-state index contributed by atoms with van der Waals surface area (Å²) in [4.78, 5) is 38.3. The van der Waals surface area contributed by atoms with Crippen molar-refractivity contribution in [1.82, 2.24) is 10.6 Å². The summed E-state index contributed by atoms with van der Waals surface area (Å²) in [5.41, 5.74) is 0.285. The molecular weight excluding hydrogens is 436 g/mol. The molecule has 1 aliphatic rings. The van der Waals surface area contributed by atoms with E-state index in [-0.39, 0.29) is 6.61 Å². The number of methoxy groups -OCH3 is 1. The van der Waals surface area contributed by atoms with Crippen LogP contribution in [0, 0.1) is 5.92 Å². The molecule has 1 saturated carbocycles. The Bertz CT molecular complexity index is 786. The summed E-state index contributed by atoms with van der Waals surface area (Å²) in [5, 5.41) is 5.42. The number of amides is 2. The van der Waals surface area contributed by atoms with E-state index in [0.29, 0.717) is 12.3 Å². The Morgan fingerprint density at radius 1 is 1.03 bits per heavy atom. The van der Waals surface area contributed by atoms with Crippen LogP contribution in [0.25, 0.3) is 0 Å². The second kappa shape index (κ2) is 13.3.